The molecule has 1 aliphatic carbocycles. The van der Waals surface area contributed by atoms with Gasteiger partial charge in [0.2, 0.25) is 0 Å². The lowest BCUT2D eigenvalue weighted by atomic mass is 10.0. The van der Waals surface area contributed by atoms with Crippen LogP contribution in [0.5, 0.6) is 0 Å². The fourth-order valence-electron chi connectivity index (χ4n) is 2.84. The molecule has 1 saturated carbocycles. The summed E-state index contributed by atoms with van der Waals surface area (Å²) in [6, 6.07) is 0. The number of rotatable bonds is 7. The Bertz CT molecular complexity index is 385. The smallest absolute Gasteiger partial charge is 0.191 e. The maximum Gasteiger partial charge on any atom is 0.191 e. The van der Waals surface area contributed by atoms with Crippen LogP contribution < -0.4 is 10.6 Å². The lowest BCUT2D eigenvalue weighted by Gasteiger charge is -2.13. The first kappa shape index (κ1) is 18.3. The second-order valence-corrected chi connectivity index (χ2v) is 5.52. The van der Waals surface area contributed by atoms with Crippen LogP contribution in [-0.2, 0) is 6.54 Å². The molecule has 2 N–H and O–H groups in total. The van der Waals surface area contributed by atoms with Crippen LogP contribution in [0.25, 0.3) is 0 Å². The predicted octanol–water partition coefficient (Wildman–Crippen LogP) is 2.64. The Kier molecular flexibility index (Phi) is 9.45. The molecule has 5 nitrogen and oxygen atoms in total. The Morgan fingerprint density at radius 3 is 2.71 bits per heavy atom. The Morgan fingerprint density at radius 2 is 2.05 bits per heavy atom. The molecule has 0 radical (unpaired) electrons. The predicted molar refractivity (Wildman–Crippen MR) is 98.2 cm³/mol. The van der Waals surface area contributed by atoms with Gasteiger partial charge in [-0.2, -0.15) is 0 Å². The molecule has 0 unspecified atom stereocenters. The van der Waals surface area contributed by atoms with E-state index in [0.717, 1.165) is 31.5 Å². The van der Waals surface area contributed by atoms with Crippen molar-refractivity contribution in [2.24, 2.45) is 10.9 Å². The van der Waals surface area contributed by atoms with Gasteiger partial charge in [0.05, 0.1) is 6.33 Å². The van der Waals surface area contributed by atoms with Gasteiger partial charge in [0, 0.05) is 39.1 Å². The number of halogens is 1. The minimum absolute atomic E-state index is 0. The highest BCUT2D eigenvalue weighted by Gasteiger charge is 2.13. The van der Waals surface area contributed by atoms with Crippen molar-refractivity contribution in [3.05, 3.63) is 18.7 Å². The van der Waals surface area contributed by atoms with Gasteiger partial charge in [0.15, 0.2) is 5.96 Å². The number of nitrogens with zero attached hydrogens (tertiary/aromatic N) is 3. The molecule has 0 aromatic carbocycles. The lowest BCUT2D eigenvalue weighted by Crippen LogP contribution is -2.39. The third kappa shape index (κ3) is 7.15. The van der Waals surface area contributed by atoms with Crippen molar-refractivity contribution in [1.29, 1.82) is 0 Å². The summed E-state index contributed by atoms with van der Waals surface area (Å²) >= 11 is 0. The van der Waals surface area contributed by atoms with Gasteiger partial charge in [0.25, 0.3) is 0 Å². The van der Waals surface area contributed by atoms with Crippen molar-refractivity contribution < 1.29 is 0 Å². The minimum Gasteiger partial charge on any atom is -0.356 e. The van der Waals surface area contributed by atoms with Crippen molar-refractivity contribution >= 4 is 29.9 Å². The van der Waals surface area contributed by atoms with Crippen molar-refractivity contribution in [3.8, 4) is 0 Å². The number of nitrogens with one attached hydrogen (secondary N) is 2. The fraction of sp³-hybridized carbons (Fsp3) is 0.733. The number of hydrogen-bond acceptors (Lipinski definition) is 2. The number of imidazole rings is 1. The van der Waals surface area contributed by atoms with Crippen molar-refractivity contribution in [2.45, 2.75) is 45.1 Å². The summed E-state index contributed by atoms with van der Waals surface area (Å²) in [5.74, 6) is 1.88. The average Bonchev–Trinajstić information content (AvgIpc) is 3.14. The van der Waals surface area contributed by atoms with E-state index in [-0.39, 0.29) is 24.0 Å². The van der Waals surface area contributed by atoms with E-state index in [1.807, 2.05) is 19.6 Å². The van der Waals surface area contributed by atoms with Crippen molar-refractivity contribution in [3.63, 3.8) is 0 Å². The summed E-state index contributed by atoms with van der Waals surface area (Å²) in [6.45, 7) is 2.78. The largest absolute Gasteiger partial charge is 0.356 e. The van der Waals surface area contributed by atoms with E-state index in [0.29, 0.717) is 0 Å². The minimum atomic E-state index is 0. The van der Waals surface area contributed by atoms with Gasteiger partial charge in [-0.1, -0.05) is 25.7 Å². The summed E-state index contributed by atoms with van der Waals surface area (Å²) < 4.78 is 2.06. The Balaban J connectivity index is 0.00000220. The van der Waals surface area contributed by atoms with Crippen LogP contribution >= 0.6 is 24.0 Å². The number of aliphatic imine (C=N–C) groups is 1. The third-order valence-corrected chi connectivity index (χ3v) is 4.00. The molecule has 0 saturated heterocycles. The molecule has 0 spiro atoms. The highest BCUT2D eigenvalue weighted by molar-refractivity contribution is 14.0. The molecule has 21 heavy (non-hydrogen) atoms. The van der Waals surface area contributed by atoms with Crippen molar-refractivity contribution in [2.75, 3.05) is 20.1 Å². The van der Waals surface area contributed by atoms with Gasteiger partial charge in [0.1, 0.15) is 0 Å². The van der Waals surface area contributed by atoms with Gasteiger partial charge >= 0.3 is 0 Å². The summed E-state index contributed by atoms with van der Waals surface area (Å²) in [6.07, 6.45) is 14.0. The highest BCUT2D eigenvalue weighted by Crippen LogP contribution is 2.28. The zero-order valence-electron chi connectivity index (χ0n) is 12.9. The number of guanidine groups is 1. The van der Waals surface area contributed by atoms with E-state index >= 15 is 0 Å². The number of hydrogen-bond donors (Lipinski definition) is 2. The van der Waals surface area contributed by atoms with E-state index in [4.69, 9.17) is 0 Å². The highest BCUT2D eigenvalue weighted by atomic mass is 127. The zero-order valence-corrected chi connectivity index (χ0v) is 15.3. The Labute approximate surface area is 145 Å². The first-order chi connectivity index (χ1) is 9.88. The molecule has 0 bridgehead atoms. The summed E-state index contributed by atoms with van der Waals surface area (Å²) in [7, 11) is 1.82. The lowest BCUT2D eigenvalue weighted by molar-refractivity contribution is 0.481. The molecule has 1 aromatic rings. The molecule has 120 valence electrons. The standard InChI is InChI=1S/C15H27N5.HI/c1-16-15(19-10-12-20-11-9-17-13-20)18-8-4-7-14-5-2-3-6-14;/h9,11,13-14H,2-8,10,12H2,1H3,(H2,16,18,19);1H. The quantitative estimate of drug-likeness (QED) is 0.318. The maximum atomic E-state index is 4.25. The van der Waals surface area contributed by atoms with Gasteiger partial charge in [-0.15, -0.1) is 24.0 Å². The van der Waals surface area contributed by atoms with E-state index < -0.39 is 0 Å². The van der Waals surface area contributed by atoms with Crippen LogP contribution in [0.2, 0.25) is 0 Å². The first-order valence-electron chi connectivity index (χ1n) is 7.79. The third-order valence-electron chi connectivity index (χ3n) is 4.00. The molecular weight excluding hydrogens is 377 g/mol. The van der Waals surface area contributed by atoms with Crippen LogP contribution in [0.3, 0.4) is 0 Å². The SMILES string of the molecule is CN=C(NCCCC1CCCC1)NCCn1ccnc1.I. The number of aromatic nitrogens is 2. The van der Waals surface area contributed by atoms with E-state index in [9.17, 15) is 0 Å². The average molecular weight is 405 g/mol. The molecule has 0 atom stereocenters. The van der Waals surface area contributed by atoms with Crippen LogP contribution in [-0.4, -0.2) is 35.6 Å². The molecule has 6 heteroatoms. The molecule has 2 rings (SSSR count). The van der Waals surface area contributed by atoms with Crippen molar-refractivity contribution in [1.82, 2.24) is 20.2 Å². The van der Waals surface area contributed by atoms with E-state index in [2.05, 4.69) is 25.2 Å². The first-order valence-corrected chi connectivity index (χ1v) is 7.79. The summed E-state index contributed by atoms with van der Waals surface area (Å²) in [5.41, 5.74) is 0. The Hall–Kier alpha value is -0.790. The topological polar surface area (TPSA) is 54.2 Å². The second kappa shape index (κ2) is 10.9. The molecular formula is C15H28IN5. The van der Waals surface area contributed by atoms with Crippen LogP contribution in [0.1, 0.15) is 38.5 Å². The van der Waals surface area contributed by atoms with Gasteiger partial charge in [-0.25, -0.2) is 4.98 Å². The second-order valence-electron chi connectivity index (χ2n) is 5.52. The molecule has 1 aliphatic rings. The van der Waals surface area contributed by atoms with E-state index in [1.54, 1.807) is 6.20 Å². The van der Waals surface area contributed by atoms with Crippen LogP contribution in [0.15, 0.2) is 23.7 Å². The molecule has 1 fully saturated rings. The molecule has 0 amide bonds. The van der Waals surface area contributed by atoms with Gasteiger partial charge in [-0.3, -0.25) is 4.99 Å². The summed E-state index contributed by atoms with van der Waals surface area (Å²) in [5, 5.41) is 6.71. The van der Waals surface area contributed by atoms with Crippen LogP contribution in [0.4, 0.5) is 0 Å². The maximum absolute atomic E-state index is 4.25. The van der Waals surface area contributed by atoms with Crippen LogP contribution in [0, 0.1) is 5.92 Å². The van der Waals surface area contributed by atoms with Gasteiger partial charge < -0.3 is 15.2 Å². The monoisotopic (exact) mass is 405 g/mol. The Morgan fingerprint density at radius 1 is 1.29 bits per heavy atom. The fourth-order valence-corrected chi connectivity index (χ4v) is 2.84. The molecule has 1 heterocycles. The van der Waals surface area contributed by atoms with E-state index in [1.165, 1.54) is 38.5 Å². The van der Waals surface area contributed by atoms with Gasteiger partial charge in [-0.05, 0) is 18.8 Å². The normalized spacial score (nSPS) is 15.8. The summed E-state index contributed by atoms with van der Waals surface area (Å²) in [4.78, 5) is 8.27. The molecule has 1 aromatic heterocycles. The molecule has 0 aliphatic heterocycles. The zero-order chi connectivity index (χ0) is 14.0.